The number of amides is 2. The lowest BCUT2D eigenvalue weighted by atomic mass is 10.1. The molecule has 1 aliphatic rings. The van der Waals surface area contributed by atoms with Gasteiger partial charge >= 0.3 is 0 Å². The number of hydrogen-bond acceptors (Lipinski definition) is 4. The van der Waals surface area contributed by atoms with E-state index in [9.17, 15) is 9.59 Å². The zero-order valence-corrected chi connectivity index (χ0v) is 21.4. The van der Waals surface area contributed by atoms with Crippen LogP contribution in [0, 0.1) is 0 Å². The van der Waals surface area contributed by atoms with Gasteiger partial charge in [0.05, 0.1) is 12.7 Å². The molecule has 0 aromatic heterocycles. The highest BCUT2D eigenvalue weighted by Gasteiger charge is 2.23. The quantitative estimate of drug-likeness (QED) is 0.450. The smallest absolute Gasteiger partial charge is 0.254 e. The van der Waals surface area contributed by atoms with Gasteiger partial charge in [-0.15, -0.1) is 11.6 Å². The third-order valence-electron chi connectivity index (χ3n) is 5.88. The molecule has 0 bridgehead atoms. The Hall–Kier alpha value is -2.12. The number of nitrogens with zero attached hydrogens (tertiary/aromatic N) is 3. The molecule has 1 heterocycles. The molecule has 1 fully saturated rings. The number of hydrogen-bond donors (Lipinski definition) is 0. The van der Waals surface area contributed by atoms with E-state index in [1.807, 2.05) is 43.0 Å². The first-order valence-electron chi connectivity index (χ1n) is 11.7. The molecular weight excluding hydrogens is 473 g/mol. The Labute approximate surface area is 212 Å². The van der Waals surface area contributed by atoms with Gasteiger partial charge in [-0.25, -0.2) is 0 Å². The lowest BCUT2D eigenvalue weighted by Crippen LogP contribution is -2.49. The minimum Gasteiger partial charge on any atom is -0.377 e. The largest absolute Gasteiger partial charge is 0.377 e. The molecule has 34 heavy (non-hydrogen) atoms. The van der Waals surface area contributed by atoms with E-state index in [0.29, 0.717) is 37.5 Å². The molecule has 8 heteroatoms. The van der Waals surface area contributed by atoms with Crippen LogP contribution in [0.2, 0.25) is 5.02 Å². The molecule has 0 unspecified atom stereocenters. The summed E-state index contributed by atoms with van der Waals surface area (Å²) in [6, 6.07) is 15.2. The highest BCUT2D eigenvalue weighted by Crippen LogP contribution is 2.19. The Kier molecular flexibility index (Phi) is 10.2. The molecule has 0 saturated carbocycles. The third kappa shape index (κ3) is 7.70. The standard InChI is InChI=1S/C26H33Cl2N3O3/c1-20(2)34-17-16-31(25(32)19-27)24-5-3-4-22(18-24)26(33)30-14-12-29(13-15-30)11-10-21-6-8-23(28)9-7-21/h3-9,18,20H,10-17,19H2,1-2H3. The molecule has 1 aliphatic heterocycles. The summed E-state index contributed by atoms with van der Waals surface area (Å²) in [5.41, 5.74) is 2.49. The molecule has 0 N–H and O–H groups in total. The molecule has 0 atom stereocenters. The van der Waals surface area contributed by atoms with E-state index in [0.717, 1.165) is 31.1 Å². The molecule has 3 rings (SSSR count). The Morgan fingerprint density at radius 1 is 1.06 bits per heavy atom. The minimum absolute atomic E-state index is 0.0177. The van der Waals surface area contributed by atoms with Crippen LogP contribution < -0.4 is 4.90 Å². The van der Waals surface area contributed by atoms with Crippen LogP contribution in [0.3, 0.4) is 0 Å². The predicted molar refractivity (Wildman–Crippen MR) is 138 cm³/mol. The summed E-state index contributed by atoms with van der Waals surface area (Å²) in [4.78, 5) is 31.4. The molecule has 0 spiro atoms. The van der Waals surface area contributed by atoms with Crippen LogP contribution in [0.25, 0.3) is 0 Å². The van der Waals surface area contributed by atoms with E-state index in [4.69, 9.17) is 27.9 Å². The second-order valence-corrected chi connectivity index (χ2v) is 9.36. The Morgan fingerprint density at radius 3 is 2.41 bits per heavy atom. The first-order chi connectivity index (χ1) is 16.4. The van der Waals surface area contributed by atoms with Gasteiger partial charge in [0.1, 0.15) is 5.88 Å². The van der Waals surface area contributed by atoms with Gasteiger partial charge in [-0.2, -0.15) is 0 Å². The molecular formula is C26H33Cl2N3O3. The van der Waals surface area contributed by atoms with Crippen molar-refractivity contribution in [2.45, 2.75) is 26.4 Å². The fourth-order valence-corrected chi connectivity index (χ4v) is 4.22. The van der Waals surface area contributed by atoms with Crippen LogP contribution in [0.4, 0.5) is 5.69 Å². The van der Waals surface area contributed by atoms with Crippen molar-refractivity contribution in [3.8, 4) is 0 Å². The first-order valence-corrected chi connectivity index (χ1v) is 12.6. The normalized spacial score (nSPS) is 14.4. The molecule has 0 aliphatic carbocycles. The lowest BCUT2D eigenvalue weighted by Gasteiger charge is -2.35. The molecule has 0 radical (unpaired) electrons. The Morgan fingerprint density at radius 2 is 1.76 bits per heavy atom. The van der Waals surface area contributed by atoms with Gasteiger partial charge in [0.25, 0.3) is 5.91 Å². The maximum absolute atomic E-state index is 13.2. The number of ether oxygens (including phenoxy) is 1. The molecule has 2 amide bonds. The number of halogens is 2. The molecule has 2 aromatic rings. The van der Waals surface area contributed by atoms with Crippen LogP contribution in [0.5, 0.6) is 0 Å². The monoisotopic (exact) mass is 505 g/mol. The summed E-state index contributed by atoms with van der Waals surface area (Å²) in [5.74, 6) is -0.360. The average molecular weight is 506 g/mol. The van der Waals surface area contributed by atoms with Gasteiger partial charge in [0.15, 0.2) is 0 Å². The summed E-state index contributed by atoms with van der Waals surface area (Å²) in [6.07, 6.45) is 1.03. The molecule has 2 aromatic carbocycles. The Bertz CT molecular complexity index is 945. The van der Waals surface area contributed by atoms with Crippen LogP contribution in [-0.4, -0.2) is 79.5 Å². The SMILES string of the molecule is CC(C)OCCN(C(=O)CCl)c1cccc(C(=O)N2CCN(CCc3ccc(Cl)cc3)CC2)c1. The summed E-state index contributed by atoms with van der Waals surface area (Å²) in [5, 5.41) is 0.749. The van der Waals surface area contributed by atoms with Crippen molar-refractivity contribution in [2.24, 2.45) is 0 Å². The fraction of sp³-hybridized carbons (Fsp3) is 0.462. The van der Waals surface area contributed by atoms with Crippen molar-refractivity contribution < 1.29 is 14.3 Å². The second-order valence-electron chi connectivity index (χ2n) is 8.66. The van der Waals surface area contributed by atoms with E-state index in [-0.39, 0.29) is 23.8 Å². The van der Waals surface area contributed by atoms with Crippen LogP contribution in [-0.2, 0) is 16.0 Å². The highest BCUT2D eigenvalue weighted by atomic mass is 35.5. The number of carbonyl (C=O) groups excluding carboxylic acids is 2. The van der Waals surface area contributed by atoms with Crippen LogP contribution in [0.1, 0.15) is 29.8 Å². The van der Waals surface area contributed by atoms with E-state index in [2.05, 4.69) is 17.0 Å². The van der Waals surface area contributed by atoms with Gasteiger partial charge in [0.2, 0.25) is 5.91 Å². The number of anilines is 1. The number of carbonyl (C=O) groups is 2. The summed E-state index contributed by atoms with van der Waals surface area (Å²) >= 11 is 11.8. The zero-order chi connectivity index (χ0) is 24.5. The summed E-state index contributed by atoms with van der Waals surface area (Å²) < 4.78 is 5.60. The molecule has 1 saturated heterocycles. The van der Waals surface area contributed by atoms with Crippen molar-refractivity contribution in [3.05, 3.63) is 64.7 Å². The zero-order valence-electron chi connectivity index (χ0n) is 19.9. The maximum Gasteiger partial charge on any atom is 0.254 e. The summed E-state index contributed by atoms with van der Waals surface area (Å²) in [7, 11) is 0. The fourth-order valence-electron chi connectivity index (χ4n) is 3.95. The van der Waals surface area contributed by atoms with Crippen molar-refractivity contribution in [3.63, 3.8) is 0 Å². The van der Waals surface area contributed by atoms with Gasteiger partial charge in [-0.1, -0.05) is 29.8 Å². The van der Waals surface area contributed by atoms with Gasteiger partial charge in [-0.05, 0) is 56.2 Å². The van der Waals surface area contributed by atoms with Gasteiger partial charge < -0.3 is 14.5 Å². The third-order valence-corrected chi connectivity index (χ3v) is 6.36. The van der Waals surface area contributed by atoms with Crippen LogP contribution in [0.15, 0.2) is 48.5 Å². The maximum atomic E-state index is 13.2. The number of alkyl halides is 1. The van der Waals surface area contributed by atoms with Gasteiger partial charge in [-0.3, -0.25) is 14.5 Å². The predicted octanol–water partition coefficient (Wildman–Crippen LogP) is 4.34. The van der Waals surface area contributed by atoms with Crippen molar-refractivity contribution in [1.29, 1.82) is 0 Å². The van der Waals surface area contributed by atoms with Gasteiger partial charge in [0, 0.05) is 55.5 Å². The van der Waals surface area contributed by atoms with E-state index < -0.39 is 0 Å². The molecule has 184 valence electrons. The minimum atomic E-state index is -0.215. The first kappa shape index (κ1) is 26.5. The van der Waals surface area contributed by atoms with Crippen molar-refractivity contribution in [2.75, 3.05) is 56.7 Å². The highest BCUT2D eigenvalue weighted by molar-refractivity contribution is 6.30. The van der Waals surface area contributed by atoms with Crippen molar-refractivity contribution in [1.82, 2.24) is 9.80 Å². The molecule has 6 nitrogen and oxygen atoms in total. The summed E-state index contributed by atoms with van der Waals surface area (Å²) in [6.45, 7) is 8.66. The van der Waals surface area contributed by atoms with E-state index in [1.165, 1.54) is 5.56 Å². The lowest BCUT2D eigenvalue weighted by molar-refractivity contribution is -0.116. The van der Waals surface area contributed by atoms with Crippen LogP contribution >= 0.6 is 23.2 Å². The van der Waals surface area contributed by atoms with Crippen molar-refractivity contribution >= 4 is 40.7 Å². The Balaban J connectivity index is 1.56. The van der Waals surface area contributed by atoms with E-state index >= 15 is 0 Å². The number of piperazine rings is 1. The number of benzene rings is 2. The average Bonchev–Trinajstić information content (AvgIpc) is 2.85. The number of rotatable bonds is 10. The second kappa shape index (κ2) is 13.1. The van der Waals surface area contributed by atoms with E-state index in [1.54, 1.807) is 17.0 Å². The topological polar surface area (TPSA) is 53.1 Å².